The molecule has 0 bridgehead atoms. The highest BCUT2D eigenvalue weighted by Crippen LogP contribution is 2.51. The van der Waals surface area contributed by atoms with Crippen LogP contribution >= 0.6 is 0 Å². The first-order valence-electron chi connectivity index (χ1n) is 18.2. The van der Waals surface area contributed by atoms with Crippen LogP contribution in [-0.4, -0.2) is 110 Å². The zero-order chi connectivity index (χ0) is 36.5. The molecule has 0 aliphatic carbocycles. The molecule has 4 aromatic rings. The number of fused-ring (bicyclic) bond motifs is 3. The number of esters is 1. The topological polar surface area (TPSA) is 60.5 Å². The molecule has 1 atom stereocenters. The van der Waals surface area contributed by atoms with Crippen LogP contribution in [0.5, 0.6) is 5.75 Å². The van der Waals surface area contributed by atoms with Crippen molar-refractivity contribution in [2.75, 3.05) is 99.4 Å². The Morgan fingerprint density at radius 2 is 1.37 bits per heavy atom. The molecule has 5 rings (SSSR count). The van der Waals surface area contributed by atoms with Crippen molar-refractivity contribution in [3.8, 4) is 5.75 Å². The van der Waals surface area contributed by atoms with Gasteiger partial charge in [-0.3, -0.25) is 0 Å². The molecule has 0 spiro atoms. The van der Waals surface area contributed by atoms with Gasteiger partial charge in [0.25, 0.3) is 0 Å². The second-order valence-corrected chi connectivity index (χ2v) is 14.4. The third-order valence-electron chi connectivity index (χ3n) is 9.72. The minimum atomic E-state index is -0.955. The Hall–Kier alpha value is -4.37. The molecule has 272 valence electrons. The molecule has 0 aromatic heterocycles. The summed E-state index contributed by atoms with van der Waals surface area (Å²) < 4.78 is 13.0. The van der Waals surface area contributed by atoms with E-state index in [0.29, 0.717) is 11.3 Å². The average Bonchev–Trinajstić information content (AvgIpc) is 3.13. The molecule has 51 heavy (non-hydrogen) atoms. The van der Waals surface area contributed by atoms with Crippen LogP contribution in [0.3, 0.4) is 0 Å². The maximum absolute atomic E-state index is 14.0. The number of rotatable bonds is 17. The number of carbonyl (C=O) groups is 1. The van der Waals surface area contributed by atoms with E-state index in [4.69, 9.17) is 9.47 Å². The summed E-state index contributed by atoms with van der Waals surface area (Å²) >= 11 is 0. The van der Waals surface area contributed by atoms with Crippen LogP contribution < -0.4 is 15.0 Å². The van der Waals surface area contributed by atoms with Gasteiger partial charge < -0.3 is 34.4 Å². The SMILES string of the molecule is CNc1cc(CCCN(C)C)ccc1C1(c2ccccc2)C=Cc2c(C(=O)OC)c(N(CCCN(C)C)CCCN(C)C)c3ccccc3c2O1. The molecule has 8 heteroatoms. The highest BCUT2D eigenvalue weighted by atomic mass is 16.5. The summed E-state index contributed by atoms with van der Waals surface area (Å²) in [5, 5.41) is 5.44. The van der Waals surface area contributed by atoms with Gasteiger partial charge >= 0.3 is 5.97 Å². The van der Waals surface area contributed by atoms with E-state index in [1.807, 2.05) is 19.2 Å². The first kappa shape index (κ1) is 37.9. The minimum absolute atomic E-state index is 0.365. The molecule has 0 fully saturated rings. The zero-order valence-corrected chi connectivity index (χ0v) is 32.0. The summed E-state index contributed by atoms with van der Waals surface area (Å²) in [5.74, 6) is 0.315. The van der Waals surface area contributed by atoms with E-state index in [1.54, 1.807) is 0 Å². The number of benzene rings is 4. The van der Waals surface area contributed by atoms with Crippen LogP contribution in [0, 0.1) is 0 Å². The Bertz CT molecular complexity index is 1790. The van der Waals surface area contributed by atoms with Gasteiger partial charge in [-0.1, -0.05) is 66.7 Å². The predicted molar refractivity (Wildman–Crippen MR) is 214 cm³/mol. The summed E-state index contributed by atoms with van der Waals surface area (Å²) in [6.45, 7) is 4.55. The van der Waals surface area contributed by atoms with Crippen molar-refractivity contribution in [3.63, 3.8) is 0 Å². The Balaban J connectivity index is 1.72. The number of ether oxygens (including phenoxy) is 2. The largest absolute Gasteiger partial charge is 0.472 e. The van der Waals surface area contributed by atoms with Crippen molar-refractivity contribution in [1.82, 2.24) is 14.7 Å². The lowest BCUT2D eigenvalue weighted by Gasteiger charge is -2.39. The van der Waals surface area contributed by atoms with Gasteiger partial charge in [-0.25, -0.2) is 4.79 Å². The molecule has 0 saturated heterocycles. The molecule has 0 radical (unpaired) electrons. The number of aryl methyl sites for hydroxylation is 1. The highest BCUT2D eigenvalue weighted by Gasteiger charge is 2.41. The van der Waals surface area contributed by atoms with Gasteiger partial charge in [0.15, 0.2) is 5.60 Å². The number of anilines is 2. The van der Waals surface area contributed by atoms with Crippen molar-refractivity contribution < 1.29 is 14.3 Å². The van der Waals surface area contributed by atoms with Crippen LogP contribution in [0.4, 0.5) is 11.4 Å². The number of nitrogens with one attached hydrogen (secondary N) is 1. The van der Waals surface area contributed by atoms with Gasteiger partial charge in [0.05, 0.1) is 18.4 Å². The predicted octanol–water partition coefficient (Wildman–Crippen LogP) is 7.22. The number of methoxy groups -OCH3 is 1. The summed E-state index contributed by atoms with van der Waals surface area (Å²) in [7, 11) is 16.1. The molecule has 1 N–H and O–H groups in total. The molecule has 0 amide bonds. The smallest absolute Gasteiger partial charge is 0.340 e. The molecule has 4 aromatic carbocycles. The van der Waals surface area contributed by atoms with Gasteiger partial charge in [-0.05, 0) is 111 Å². The van der Waals surface area contributed by atoms with E-state index in [0.717, 1.165) is 97.2 Å². The van der Waals surface area contributed by atoms with Gasteiger partial charge in [-0.15, -0.1) is 0 Å². The Labute approximate surface area is 305 Å². The van der Waals surface area contributed by atoms with E-state index in [-0.39, 0.29) is 5.97 Å². The van der Waals surface area contributed by atoms with E-state index < -0.39 is 5.60 Å². The first-order valence-corrected chi connectivity index (χ1v) is 18.2. The van der Waals surface area contributed by atoms with E-state index in [9.17, 15) is 4.79 Å². The van der Waals surface area contributed by atoms with Crippen LogP contribution in [0.25, 0.3) is 16.8 Å². The van der Waals surface area contributed by atoms with Gasteiger partial charge in [-0.2, -0.15) is 0 Å². The van der Waals surface area contributed by atoms with Gasteiger partial charge in [0.1, 0.15) is 5.75 Å². The van der Waals surface area contributed by atoms with Crippen LogP contribution in [-0.2, 0) is 16.8 Å². The summed E-state index contributed by atoms with van der Waals surface area (Å²) in [6, 6.07) is 25.4. The lowest BCUT2D eigenvalue weighted by Crippen LogP contribution is -2.36. The van der Waals surface area contributed by atoms with E-state index in [2.05, 4.69) is 140 Å². The fourth-order valence-electron chi connectivity index (χ4n) is 7.22. The second-order valence-electron chi connectivity index (χ2n) is 14.4. The van der Waals surface area contributed by atoms with Crippen molar-refractivity contribution >= 4 is 34.2 Å². The Morgan fingerprint density at radius 1 is 0.765 bits per heavy atom. The summed E-state index contributed by atoms with van der Waals surface area (Å²) in [4.78, 5) is 23.0. The Morgan fingerprint density at radius 3 is 1.98 bits per heavy atom. The van der Waals surface area contributed by atoms with Crippen LogP contribution in [0.15, 0.2) is 78.9 Å². The monoisotopic (exact) mass is 691 g/mol. The van der Waals surface area contributed by atoms with Crippen LogP contribution in [0.1, 0.15) is 51.9 Å². The van der Waals surface area contributed by atoms with Crippen molar-refractivity contribution in [2.45, 2.75) is 31.3 Å². The number of hydrogen-bond acceptors (Lipinski definition) is 8. The van der Waals surface area contributed by atoms with E-state index in [1.165, 1.54) is 12.7 Å². The molecular formula is C43H57N5O3. The van der Waals surface area contributed by atoms with Crippen LogP contribution in [0.2, 0.25) is 0 Å². The molecule has 1 unspecified atom stereocenters. The van der Waals surface area contributed by atoms with E-state index >= 15 is 0 Å². The fourth-order valence-corrected chi connectivity index (χ4v) is 7.22. The lowest BCUT2D eigenvalue weighted by molar-refractivity contribution is 0.0599. The number of carbonyl (C=O) groups excluding carboxylic acids is 1. The third-order valence-corrected chi connectivity index (χ3v) is 9.72. The quantitative estimate of drug-likeness (QED) is 0.117. The molecule has 1 aliphatic heterocycles. The maximum Gasteiger partial charge on any atom is 0.340 e. The Kier molecular flexibility index (Phi) is 12.8. The van der Waals surface area contributed by atoms with Gasteiger partial charge in [0, 0.05) is 53.3 Å². The standard InChI is InChI=1S/C43H57N5O3/c1-44-38-31-32(17-14-26-45(2)3)22-23-37(38)43(33-18-10-9-11-19-33)25-24-36-39(42(49)50-8)40(34-20-12-13-21-35(34)41(36)51-43)48(29-15-27-46(4)5)30-16-28-47(6)7/h9-13,18-25,31,44H,14-17,26-30H2,1-8H3. The highest BCUT2D eigenvalue weighted by molar-refractivity contribution is 6.13. The first-order chi connectivity index (χ1) is 24.6. The summed E-state index contributed by atoms with van der Waals surface area (Å²) in [6.07, 6.45) is 8.20. The van der Waals surface area contributed by atoms with Crippen molar-refractivity contribution in [1.29, 1.82) is 0 Å². The molecule has 1 heterocycles. The lowest BCUT2D eigenvalue weighted by atomic mass is 9.81. The third kappa shape index (κ3) is 8.58. The van der Waals surface area contributed by atoms with Crippen molar-refractivity contribution in [3.05, 3.63) is 107 Å². The van der Waals surface area contributed by atoms with Gasteiger partial charge in [0.2, 0.25) is 0 Å². The maximum atomic E-state index is 14.0. The molecule has 8 nitrogen and oxygen atoms in total. The second kappa shape index (κ2) is 17.2. The van der Waals surface area contributed by atoms with Crippen molar-refractivity contribution in [2.24, 2.45) is 0 Å². The average molecular weight is 692 g/mol. The minimum Gasteiger partial charge on any atom is -0.472 e. The number of hydrogen-bond donors (Lipinski definition) is 1. The molecular weight excluding hydrogens is 635 g/mol. The summed E-state index contributed by atoms with van der Waals surface area (Å²) in [5.41, 5.74) is 5.55. The molecule has 0 saturated carbocycles. The zero-order valence-electron chi connectivity index (χ0n) is 32.0. The molecule has 1 aliphatic rings. The normalized spacial score (nSPS) is 15.4. The fraction of sp³-hybridized carbons (Fsp3) is 0.419. The number of nitrogens with zero attached hydrogens (tertiary/aromatic N) is 4.